The van der Waals surface area contributed by atoms with Crippen molar-refractivity contribution in [3.8, 4) is 5.75 Å². The summed E-state index contributed by atoms with van der Waals surface area (Å²) in [6.07, 6.45) is 1.98. The van der Waals surface area contributed by atoms with E-state index in [-0.39, 0.29) is 24.0 Å². The van der Waals surface area contributed by atoms with Gasteiger partial charge >= 0.3 is 0 Å². The second-order valence-electron chi connectivity index (χ2n) is 6.56. The molecule has 6 nitrogen and oxygen atoms in total. The molecular formula is C21H30IN3O3S. The van der Waals surface area contributed by atoms with Crippen LogP contribution >= 0.6 is 24.0 Å². The molecule has 0 atom stereocenters. The van der Waals surface area contributed by atoms with Gasteiger partial charge in [-0.15, -0.1) is 24.0 Å². The van der Waals surface area contributed by atoms with Crippen molar-refractivity contribution in [3.05, 3.63) is 59.2 Å². The molecule has 0 radical (unpaired) electrons. The second kappa shape index (κ2) is 12.0. The average molecular weight is 531 g/mol. The molecule has 0 aliphatic carbocycles. The summed E-state index contributed by atoms with van der Waals surface area (Å²) in [4.78, 5) is 4.59. The highest BCUT2D eigenvalue weighted by molar-refractivity contribution is 14.0. The maximum Gasteiger partial charge on any atom is 0.191 e. The van der Waals surface area contributed by atoms with Crippen molar-refractivity contribution in [2.75, 3.05) is 26.5 Å². The lowest BCUT2D eigenvalue weighted by Crippen LogP contribution is -2.37. The van der Waals surface area contributed by atoms with Gasteiger partial charge in [0.25, 0.3) is 0 Å². The first-order chi connectivity index (χ1) is 13.3. The lowest BCUT2D eigenvalue weighted by Gasteiger charge is -2.15. The van der Waals surface area contributed by atoms with Gasteiger partial charge in [-0.2, -0.15) is 0 Å². The van der Waals surface area contributed by atoms with Crippen LogP contribution in [0.3, 0.4) is 0 Å². The molecule has 0 aliphatic heterocycles. The number of hydrogen-bond acceptors (Lipinski definition) is 4. The summed E-state index contributed by atoms with van der Waals surface area (Å²) in [7, 11) is -1.43. The molecule has 29 heavy (non-hydrogen) atoms. The van der Waals surface area contributed by atoms with Gasteiger partial charge in [0.1, 0.15) is 5.75 Å². The smallest absolute Gasteiger partial charge is 0.191 e. The molecule has 2 rings (SSSR count). The number of nitrogens with zero attached hydrogens (tertiary/aromatic N) is 1. The second-order valence-corrected chi connectivity index (χ2v) is 8.58. The minimum atomic E-state index is -3.16. The monoisotopic (exact) mass is 531 g/mol. The van der Waals surface area contributed by atoms with Crippen molar-refractivity contribution in [1.82, 2.24) is 10.6 Å². The molecule has 0 unspecified atom stereocenters. The summed E-state index contributed by atoms with van der Waals surface area (Å²) in [5.74, 6) is 1.59. The van der Waals surface area contributed by atoms with Crippen molar-refractivity contribution < 1.29 is 13.2 Å². The van der Waals surface area contributed by atoms with E-state index in [4.69, 9.17) is 4.74 Å². The Labute approximate surface area is 191 Å². The fraction of sp³-hybridized carbons (Fsp3) is 0.381. The predicted octanol–water partition coefficient (Wildman–Crippen LogP) is 3.32. The van der Waals surface area contributed by atoms with Crippen LogP contribution in [0.2, 0.25) is 0 Å². The molecule has 2 aromatic rings. The van der Waals surface area contributed by atoms with Gasteiger partial charge in [-0.3, -0.25) is 4.99 Å². The van der Waals surface area contributed by atoms with E-state index in [1.165, 1.54) is 6.26 Å². The Balaban J connectivity index is 0.00000420. The van der Waals surface area contributed by atoms with Crippen LogP contribution in [0.25, 0.3) is 0 Å². The third-order valence-electron chi connectivity index (χ3n) is 4.25. The zero-order valence-electron chi connectivity index (χ0n) is 17.4. The van der Waals surface area contributed by atoms with Crippen molar-refractivity contribution in [1.29, 1.82) is 0 Å². The maximum atomic E-state index is 11.5. The van der Waals surface area contributed by atoms with Gasteiger partial charge in [0.15, 0.2) is 15.8 Å². The molecule has 0 amide bonds. The Morgan fingerprint density at radius 1 is 1.10 bits per heavy atom. The van der Waals surface area contributed by atoms with Crippen LogP contribution in [0.15, 0.2) is 52.4 Å². The number of benzene rings is 2. The number of rotatable bonds is 8. The minimum absolute atomic E-state index is 0. The van der Waals surface area contributed by atoms with Crippen LogP contribution in [0, 0.1) is 6.92 Å². The zero-order valence-corrected chi connectivity index (χ0v) is 20.5. The third kappa shape index (κ3) is 8.22. The van der Waals surface area contributed by atoms with Crippen LogP contribution in [0.1, 0.15) is 23.6 Å². The zero-order chi connectivity index (χ0) is 20.6. The van der Waals surface area contributed by atoms with Crippen LogP contribution in [0.4, 0.5) is 0 Å². The molecule has 2 N–H and O–H groups in total. The first kappa shape index (κ1) is 25.2. The molecule has 160 valence electrons. The van der Waals surface area contributed by atoms with E-state index < -0.39 is 9.84 Å². The van der Waals surface area contributed by atoms with Crippen LogP contribution in [-0.4, -0.2) is 40.8 Å². The molecule has 8 heteroatoms. The summed E-state index contributed by atoms with van der Waals surface area (Å²) in [5.41, 5.74) is 3.30. The molecule has 0 aliphatic rings. The van der Waals surface area contributed by atoms with Crippen molar-refractivity contribution in [2.45, 2.75) is 31.7 Å². The van der Waals surface area contributed by atoms with E-state index in [2.05, 4.69) is 27.8 Å². The highest BCUT2D eigenvalue weighted by atomic mass is 127. The Morgan fingerprint density at radius 3 is 2.38 bits per heavy atom. The highest BCUT2D eigenvalue weighted by Gasteiger charge is 2.07. The molecular weight excluding hydrogens is 501 g/mol. The summed E-state index contributed by atoms with van der Waals surface area (Å²) in [6.45, 7) is 5.94. The summed E-state index contributed by atoms with van der Waals surface area (Å²) in [5, 5.41) is 6.57. The SMILES string of the molecule is CCOc1cc(C)ccc1CNC(=NC)NCCc1ccc(S(C)(=O)=O)cc1.I. The predicted molar refractivity (Wildman–Crippen MR) is 129 cm³/mol. The van der Waals surface area contributed by atoms with E-state index in [1.807, 2.05) is 32.0 Å². The normalized spacial score (nSPS) is 11.5. The standard InChI is InChI=1S/C21H29N3O3S.HI/c1-5-27-20-14-16(2)6-9-18(20)15-24-21(22-3)23-13-12-17-7-10-19(11-8-17)28(4,25)26;/h6-11,14H,5,12-13,15H2,1-4H3,(H2,22,23,24);1H. The number of halogens is 1. The molecule has 0 fully saturated rings. The summed E-state index contributed by atoms with van der Waals surface area (Å²) >= 11 is 0. The number of aryl methyl sites for hydroxylation is 1. The number of sulfone groups is 1. The van der Waals surface area contributed by atoms with Crippen LogP contribution < -0.4 is 15.4 Å². The van der Waals surface area contributed by atoms with Gasteiger partial charge in [-0.1, -0.05) is 24.3 Å². The molecule has 0 spiro atoms. The maximum absolute atomic E-state index is 11.5. The van der Waals surface area contributed by atoms with Gasteiger partial charge in [-0.25, -0.2) is 8.42 Å². The van der Waals surface area contributed by atoms with Crippen LogP contribution in [0.5, 0.6) is 5.75 Å². The molecule has 2 aromatic carbocycles. The number of nitrogens with one attached hydrogen (secondary N) is 2. The van der Waals surface area contributed by atoms with Gasteiger partial charge in [-0.05, 0) is 49.6 Å². The number of ether oxygens (including phenoxy) is 1. The van der Waals surface area contributed by atoms with Crippen molar-refractivity contribution in [2.24, 2.45) is 4.99 Å². The fourth-order valence-corrected chi connectivity index (χ4v) is 3.36. The minimum Gasteiger partial charge on any atom is -0.494 e. The van der Waals surface area contributed by atoms with Gasteiger partial charge in [0, 0.05) is 32.0 Å². The molecule has 0 aromatic heterocycles. The van der Waals surface area contributed by atoms with E-state index in [1.54, 1.807) is 19.2 Å². The van der Waals surface area contributed by atoms with E-state index in [0.29, 0.717) is 30.6 Å². The average Bonchev–Trinajstić information content (AvgIpc) is 2.65. The molecule has 0 heterocycles. The number of aliphatic imine (C=N–C) groups is 1. The van der Waals surface area contributed by atoms with Crippen LogP contribution in [-0.2, 0) is 22.8 Å². The van der Waals surface area contributed by atoms with E-state index in [0.717, 1.165) is 28.9 Å². The van der Waals surface area contributed by atoms with Crippen molar-refractivity contribution in [3.63, 3.8) is 0 Å². The number of hydrogen-bond donors (Lipinski definition) is 2. The highest BCUT2D eigenvalue weighted by Crippen LogP contribution is 2.20. The summed E-state index contributed by atoms with van der Waals surface area (Å²) in [6, 6.07) is 13.1. The van der Waals surface area contributed by atoms with Gasteiger partial charge < -0.3 is 15.4 Å². The Hall–Kier alpha value is -1.81. The largest absolute Gasteiger partial charge is 0.494 e. The first-order valence-electron chi connectivity index (χ1n) is 9.29. The van der Waals surface area contributed by atoms with E-state index in [9.17, 15) is 8.42 Å². The summed E-state index contributed by atoms with van der Waals surface area (Å²) < 4.78 is 28.7. The number of guanidine groups is 1. The topological polar surface area (TPSA) is 79.8 Å². The lowest BCUT2D eigenvalue weighted by atomic mass is 10.1. The van der Waals surface area contributed by atoms with Gasteiger partial charge in [0.05, 0.1) is 11.5 Å². The Bertz CT molecular complexity index is 913. The first-order valence-corrected chi connectivity index (χ1v) is 11.2. The molecule has 0 saturated heterocycles. The van der Waals surface area contributed by atoms with Crippen molar-refractivity contribution >= 4 is 39.8 Å². The Kier molecular flexibility index (Phi) is 10.5. The fourth-order valence-electron chi connectivity index (χ4n) is 2.73. The third-order valence-corrected chi connectivity index (χ3v) is 5.38. The molecule has 0 bridgehead atoms. The Morgan fingerprint density at radius 2 is 1.79 bits per heavy atom. The van der Waals surface area contributed by atoms with E-state index >= 15 is 0 Å². The quantitative estimate of drug-likeness (QED) is 0.311. The van der Waals surface area contributed by atoms with Gasteiger partial charge in [0.2, 0.25) is 0 Å². The molecule has 0 saturated carbocycles. The lowest BCUT2D eigenvalue weighted by molar-refractivity contribution is 0.336.